The van der Waals surface area contributed by atoms with E-state index >= 15 is 0 Å². The van der Waals surface area contributed by atoms with Crippen LogP contribution in [0.5, 0.6) is 0 Å². The molecule has 0 saturated carbocycles. The molecule has 19 heavy (non-hydrogen) atoms. The van der Waals surface area contributed by atoms with Crippen LogP contribution in [0.25, 0.3) is 0 Å². The van der Waals surface area contributed by atoms with Crippen molar-refractivity contribution in [1.29, 1.82) is 0 Å². The Balaban J connectivity index is 2.36. The zero-order chi connectivity index (χ0) is 14.3. The summed E-state index contributed by atoms with van der Waals surface area (Å²) in [5, 5.41) is 3.50. The molecule has 1 aromatic rings. The van der Waals surface area contributed by atoms with E-state index in [1.54, 1.807) is 6.07 Å². The lowest BCUT2D eigenvalue weighted by atomic mass is 9.77. The van der Waals surface area contributed by atoms with Gasteiger partial charge >= 0.3 is 6.18 Å². The largest absolute Gasteiger partial charge is 0.416 e. The molecule has 4 heteroatoms. The van der Waals surface area contributed by atoms with E-state index in [1.807, 2.05) is 6.92 Å². The van der Waals surface area contributed by atoms with Crippen molar-refractivity contribution < 1.29 is 13.2 Å². The van der Waals surface area contributed by atoms with Crippen LogP contribution in [0, 0.1) is 0 Å². The van der Waals surface area contributed by atoms with Crippen LogP contribution in [-0.4, -0.2) is 5.54 Å². The lowest BCUT2D eigenvalue weighted by Crippen LogP contribution is -2.55. The van der Waals surface area contributed by atoms with E-state index in [0.717, 1.165) is 30.9 Å². The molecule has 1 saturated heterocycles. The highest BCUT2D eigenvalue weighted by Crippen LogP contribution is 2.38. The molecule has 0 aliphatic carbocycles. The standard InChI is InChI=1S/C15H20F3N/c1-13(2)8-5-9-14(3,19-13)11-6-4-7-12(10-11)15(16,17)18/h4,6-7,10,19H,5,8-9H2,1-3H3. The first-order valence-corrected chi connectivity index (χ1v) is 6.60. The summed E-state index contributed by atoms with van der Waals surface area (Å²) < 4.78 is 38.4. The van der Waals surface area contributed by atoms with Gasteiger partial charge in [-0.1, -0.05) is 12.1 Å². The molecule has 0 bridgehead atoms. The molecule has 1 atom stereocenters. The second-order valence-corrected chi connectivity index (χ2v) is 6.27. The van der Waals surface area contributed by atoms with E-state index in [9.17, 15) is 13.2 Å². The quantitative estimate of drug-likeness (QED) is 0.794. The van der Waals surface area contributed by atoms with Crippen LogP contribution in [-0.2, 0) is 11.7 Å². The first-order chi connectivity index (χ1) is 8.62. The van der Waals surface area contributed by atoms with Gasteiger partial charge in [0, 0.05) is 11.1 Å². The zero-order valence-corrected chi connectivity index (χ0v) is 11.6. The molecule has 0 spiro atoms. The van der Waals surface area contributed by atoms with E-state index in [2.05, 4.69) is 19.2 Å². The van der Waals surface area contributed by atoms with Gasteiger partial charge in [0.25, 0.3) is 0 Å². The number of alkyl halides is 3. The number of hydrogen-bond acceptors (Lipinski definition) is 1. The molecule has 1 aliphatic rings. The highest BCUT2D eigenvalue weighted by atomic mass is 19.4. The molecule has 1 aliphatic heterocycles. The summed E-state index contributed by atoms with van der Waals surface area (Å²) in [6.07, 6.45) is -1.36. The van der Waals surface area contributed by atoms with Gasteiger partial charge in [-0.15, -0.1) is 0 Å². The van der Waals surface area contributed by atoms with Gasteiger partial charge in [-0.3, -0.25) is 0 Å². The first kappa shape index (κ1) is 14.4. The highest BCUT2D eigenvalue weighted by Gasteiger charge is 2.38. The van der Waals surface area contributed by atoms with Crippen molar-refractivity contribution in [2.75, 3.05) is 0 Å². The van der Waals surface area contributed by atoms with Crippen molar-refractivity contribution in [3.05, 3.63) is 35.4 Å². The van der Waals surface area contributed by atoms with E-state index in [1.165, 1.54) is 12.1 Å². The smallest absolute Gasteiger partial charge is 0.303 e. The zero-order valence-electron chi connectivity index (χ0n) is 11.6. The van der Waals surface area contributed by atoms with Gasteiger partial charge in [0.2, 0.25) is 0 Å². The second kappa shape index (κ2) is 4.51. The van der Waals surface area contributed by atoms with Gasteiger partial charge in [0.05, 0.1) is 5.56 Å². The average molecular weight is 271 g/mol. The van der Waals surface area contributed by atoms with E-state index in [4.69, 9.17) is 0 Å². The fourth-order valence-corrected chi connectivity index (χ4v) is 3.01. The molecule has 0 aromatic heterocycles. The summed E-state index contributed by atoms with van der Waals surface area (Å²) in [6.45, 7) is 6.18. The normalized spacial score (nSPS) is 27.3. The predicted octanol–water partition coefficient (Wildman–Crippen LogP) is 4.47. The Morgan fingerprint density at radius 3 is 2.37 bits per heavy atom. The van der Waals surface area contributed by atoms with Crippen LogP contribution in [0.4, 0.5) is 13.2 Å². The maximum Gasteiger partial charge on any atom is 0.416 e. The average Bonchev–Trinajstić information content (AvgIpc) is 2.26. The summed E-state index contributed by atoms with van der Waals surface area (Å²) in [5.74, 6) is 0. The summed E-state index contributed by atoms with van der Waals surface area (Å²) in [4.78, 5) is 0. The van der Waals surface area contributed by atoms with Crippen molar-refractivity contribution in [2.24, 2.45) is 0 Å². The third-order valence-corrected chi connectivity index (χ3v) is 3.92. The molecule has 1 N–H and O–H groups in total. The Kier molecular flexibility index (Phi) is 3.42. The minimum atomic E-state index is -4.28. The Labute approximate surface area is 112 Å². The second-order valence-electron chi connectivity index (χ2n) is 6.27. The van der Waals surface area contributed by atoms with Crippen molar-refractivity contribution in [3.63, 3.8) is 0 Å². The number of piperidine rings is 1. The van der Waals surface area contributed by atoms with Crippen molar-refractivity contribution >= 4 is 0 Å². The van der Waals surface area contributed by atoms with E-state index < -0.39 is 11.7 Å². The summed E-state index contributed by atoms with van der Waals surface area (Å²) in [6, 6.07) is 5.67. The van der Waals surface area contributed by atoms with Crippen LogP contribution >= 0.6 is 0 Å². The van der Waals surface area contributed by atoms with Gasteiger partial charge < -0.3 is 5.32 Å². The summed E-state index contributed by atoms with van der Waals surface area (Å²) >= 11 is 0. The van der Waals surface area contributed by atoms with Gasteiger partial charge in [-0.25, -0.2) is 0 Å². The summed E-state index contributed by atoms with van der Waals surface area (Å²) in [7, 11) is 0. The Bertz CT molecular complexity index is 465. The van der Waals surface area contributed by atoms with Crippen LogP contribution in [0.3, 0.4) is 0 Å². The van der Waals surface area contributed by atoms with Crippen molar-refractivity contribution in [3.8, 4) is 0 Å². The van der Waals surface area contributed by atoms with Gasteiger partial charge in [-0.2, -0.15) is 13.2 Å². The topological polar surface area (TPSA) is 12.0 Å². The highest BCUT2D eigenvalue weighted by molar-refractivity contribution is 5.31. The number of halogens is 3. The molecule has 1 nitrogen and oxygen atoms in total. The van der Waals surface area contributed by atoms with Gasteiger partial charge in [0.1, 0.15) is 0 Å². The lowest BCUT2D eigenvalue weighted by molar-refractivity contribution is -0.137. The van der Waals surface area contributed by atoms with Gasteiger partial charge in [0.15, 0.2) is 0 Å². The molecule has 0 amide bonds. The maximum atomic E-state index is 12.8. The minimum absolute atomic E-state index is 0.0404. The number of nitrogens with one attached hydrogen (secondary N) is 1. The molecule has 2 rings (SSSR count). The maximum absolute atomic E-state index is 12.8. The minimum Gasteiger partial charge on any atom is -0.303 e. The third kappa shape index (κ3) is 3.11. The van der Waals surface area contributed by atoms with E-state index in [0.29, 0.717) is 0 Å². The molecule has 0 radical (unpaired) electrons. The molecule has 106 valence electrons. The lowest BCUT2D eigenvalue weighted by Gasteiger charge is -2.45. The number of hydrogen-bond donors (Lipinski definition) is 1. The molecule has 1 unspecified atom stereocenters. The van der Waals surface area contributed by atoms with Crippen LogP contribution < -0.4 is 5.32 Å². The predicted molar refractivity (Wildman–Crippen MR) is 69.9 cm³/mol. The monoisotopic (exact) mass is 271 g/mol. The Morgan fingerprint density at radius 1 is 1.11 bits per heavy atom. The van der Waals surface area contributed by atoms with Crippen LogP contribution in [0.15, 0.2) is 24.3 Å². The SMILES string of the molecule is CC1(C)CCCC(C)(c2cccc(C(F)(F)F)c2)N1. The molecule has 1 heterocycles. The fraction of sp³-hybridized carbons (Fsp3) is 0.600. The number of benzene rings is 1. The van der Waals surface area contributed by atoms with Gasteiger partial charge in [-0.05, 0) is 57.7 Å². The molecule has 1 aromatic carbocycles. The fourth-order valence-electron chi connectivity index (χ4n) is 3.01. The van der Waals surface area contributed by atoms with E-state index in [-0.39, 0.29) is 11.1 Å². The Morgan fingerprint density at radius 2 is 1.79 bits per heavy atom. The molecular formula is C15H20F3N. The van der Waals surface area contributed by atoms with Crippen molar-refractivity contribution in [2.45, 2.75) is 57.3 Å². The van der Waals surface area contributed by atoms with Crippen LogP contribution in [0.2, 0.25) is 0 Å². The Hall–Kier alpha value is -1.03. The molecular weight excluding hydrogens is 251 g/mol. The first-order valence-electron chi connectivity index (χ1n) is 6.60. The van der Waals surface area contributed by atoms with Crippen LogP contribution in [0.1, 0.15) is 51.2 Å². The molecule has 1 fully saturated rings. The summed E-state index contributed by atoms with van der Waals surface area (Å²) in [5.41, 5.74) is -0.281. The third-order valence-electron chi connectivity index (χ3n) is 3.92. The number of rotatable bonds is 1. The van der Waals surface area contributed by atoms with Crippen molar-refractivity contribution in [1.82, 2.24) is 5.32 Å².